The lowest BCUT2D eigenvalue weighted by Crippen LogP contribution is -2.19. The van der Waals surface area contributed by atoms with Crippen LogP contribution in [0.25, 0.3) is 5.57 Å². The van der Waals surface area contributed by atoms with E-state index in [0.29, 0.717) is 5.92 Å². The van der Waals surface area contributed by atoms with Gasteiger partial charge in [0.15, 0.2) is 0 Å². The molecule has 0 amide bonds. The minimum atomic E-state index is 0.429. The molecule has 2 heteroatoms. The second-order valence-corrected chi connectivity index (χ2v) is 8.10. The maximum atomic E-state index is 8.60. The van der Waals surface area contributed by atoms with Crippen molar-refractivity contribution in [2.75, 3.05) is 0 Å². The van der Waals surface area contributed by atoms with Gasteiger partial charge in [-0.25, -0.2) is 0 Å². The topological polar surface area (TPSA) is 23.9 Å². The average Bonchev–Trinajstić information content (AvgIpc) is 2.92. The summed E-state index contributed by atoms with van der Waals surface area (Å²) in [6.45, 7) is 10.9. The van der Waals surface area contributed by atoms with Gasteiger partial charge in [-0.2, -0.15) is 0 Å². The minimum absolute atomic E-state index is 0.429. The van der Waals surface area contributed by atoms with E-state index in [1.54, 1.807) is 0 Å². The highest BCUT2D eigenvalue weighted by Crippen LogP contribution is 2.42. The smallest absolute Gasteiger partial charge is 0.0406 e. The number of hydrogen-bond donors (Lipinski definition) is 1. The molecular formula is C22H27NS. The molecule has 1 unspecified atom stereocenters. The Hall–Kier alpha value is -1.67. The fraction of sp³-hybridized carbons (Fsp3) is 0.409. The van der Waals surface area contributed by atoms with E-state index in [9.17, 15) is 0 Å². The highest BCUT2D eigenvalue weighted by atomic mass is 32.1. The molecule has 1 aromatic heterocycles. The lowest BCUT2D eigenvalue weighted by molar-refractivity contribution is 0.694. The zero-order chi connectivity index (χ0) is 17.3. The van der Waals surface area contributed by atoms with Gasteiger partial charge in [-0.3, -0.25) is 0 Å². The van der Waals surface area contributed by atoms with Crippen LogP contribution in [-0.2, 0) is 12.8 Å². The van der Waals surface area contributed by atoms with E-state index in [1.807, 2.05) is 11.3 Å². The minimum Gasteiger partial charge on any atom is -0.305 e. The van der Waals surface area contributed by atoms with E-state index < -0.39 is 0 Å². The third-order valence-corrected chi connectivity index (χ3v) is 6.37. The van der Waals surface area contributed by atoms with Crippen molar-refractivity contribution in [1.29, 1.82) is 5.41 Å². The van der Waals surface area contributed by atoms with E-state index in [-0.39, 0.29) is 0 Å². The quantitative estimate of drug-likeness (QED) is 0.641. The highest BCUT2D eigenvalue weighted by molar-refractivity contribution is 7.13. The zero-order valence-electron chi connectivity index (χ0n) is 15.0. The summed E-state index contributed by atoms with van der Waals surface area (Å²) in [7, 11) is 0. The summed E-state index contributed by atoms with van der Waals surface area (Å²) in [5.74, 6) is 0.429. The average molecular weight is 338 g/mol. The van der Waals surface area contributed by atoms with Crippen LogP contribution in [0.2, 0.25) is 0 Å². The number of rotatable bonds is 5. The van der Waals surface area contributed by atoms with Gasteiger partial charge in [0.25, 0.3) is 0 Å². The summed E-state index contributed by atoms with van der Waals surface area (Å²) < 4.78 is 0. The monoisotopic (exact) mass is 337 g/mol. The first-order valence-electron chi connectivity index (χ1n) is 9.02. The third-order valence-electron chi connectivity index (χ3n) is 5.12. The van der Waals surface area contributed by atoms with Crippen LogP contribution < -0.4 is 0 Å². The molecule has 0 radical (unpaired) electrons. The SMILES string of the molecule is C=C(CCC)c1sc(C)c2c1CC(c1ccc(CC)cc1)CC2=N. The molecule has 0 saturated heterocycles. The van der Waals surface area contributed by atoms with Gasteiger partial charge >= 0.3 is 0 Å². The van der Waals surface area contributed by atoms with E-state index >= 15 is 0 Å². The molecule has 126 valence electrons. The largest absolute Gasteiger partial charge is 0.305 e. The number of thiophene rings is 1. The van der Waals surface area contributed by atoms with Crippen molar-refractivity contribution in [3.8, 4) is 0 Å². The second kappa shape index (κ2) is 7.06. The lowest BCUT2D eigenvalue weighted by Gasteiger charge is -2.25. The summed E-state index contributed by atoms with van der Waals surface area (Å²) in [5, 5.41) is 8.60. The molecule has 24 heavy (non-hydrogen) atoms. The molecule has 1 aliphatic carbocycles. The van der Waals surface area contributed by atoms with Crippen LogP contribution in [0, 0.1) is 12.3 Å². The maximum absolute atomic E-state index is 8.60. The number of allylic oxidation sites excluding steroid dienone is 1. The van der Waals surface area contributed by atoms with Crippen LogP contribution in [0.15, 0.2) is 30.8 Å². The van der Waals surface area contributed by atoms with Gasteiger partial charge in [0.1, 0.15) is 0 Å². The van der Waals surface area contributed by atoms with Crippen LogP contribution in [0.1, 0.15) is 71.0 Å². The number of nitrogens with one attached hydrogen (secondary N) is 1. The first-order valence-corrected chi connectivity index (χ1v) is 9.83. The van der Waals surface area contributed by atoms with Crippen molar-refractivity contribution in [1.82, 2.24) is 0 Å². The van der Waals surface area contributed by atoms with Crippen LogP contribution >= 0.6 is 11.3 Å². The van der Waals surface area contributed by atoms with Gasteiger partial charge in [-0.1, -0.05) is 51.1 Å². The number of fused-ring (bicyclic) bond motifs is 1. The van der Waals surface area contributed by atoms with Gasteiger partial charge in [-0.15, -0.1) is 11.3 Å². The molecule has 0 saturated carbocycles. The lowest BCUT2D eigenvalue weighted by atomic mass is 9.78. The molecule has 1 aromatic carbocycles. The third kappa shape index (κ3) is 3.12. The van der Waals surface area contributed by atoms with Crippen LogP contribution in [-0.4, -0.2) is 5.71 Å². The van der Waals surface area contributed by atoms with Crippen molar-refractivity contribution in [2.45, 2.75) is 58.8 Å². The van der Waals surface area contributed by atoms with E-state index in [2.05, 4.69) is 51.6 Å². The van der Waals surface area contributed by atoms with E-state index in [0.717, 1.165) is 37.8 Å². The van der Waals surface area contributed by atoms with Gasteiger partial charge in [0.2, 0.25) is 0 Å². The molecule has 1 heterocycles. The second-order valence-electron chi connectivity index (χ2n) is 6.87. The van der Waals surface area contributed by atoms with Gasteiger partial charge in [-0.05, 0) is 60.8 Å². The molecule has 0 spiro atoms. The van der Waals surface area contributed by atoms with Crippen molar-refractivity contribution in [2.24, 2.45) is 0 Å². The molecule has 1 aliphatic rings. The Labute approximate surface area is 149 Å². The predicted molar refractivity (Wildman–Crippen MR) is 107 cm³/mol. The Bertz CT molecular complexity index is 764. The molecule has 0 aliphatic heterocycles. The summed E-state index contributed by atoms with van der Waals surface area (Å²) in [5.41, 5.74) is 7.42. The standard InChI is InChI=1S/C22H27NS/c1-5-7-14(3)22-19-12-18(13-20(23)21(19)15(4)24-22)17-10-8-16(6-2)9-11-17/h8-11,18,23H,3,5-7,12-13H2,1-2,4H3. The molecule has 0 bridgehead atoms. The van der Waals surface area contributed by atoms with Crippen LogP contribution in [0.4, 0.5) is 0 Å². The Balaban J connectivity index is 1.96. The summed E-state index contributed by atoms with van der Waals surface area (Å²) in [4.78, 5) is 2.64. The van der Waals surface area contributed by atoms with E-state index in [1.165, 1.54) is 37.6 Å². The molecule has 1 atom stereocenters. The van der Waals surface area contributed by atoms with Crippen molar-refractivity contribution < 1.29 is 0 Å². The fourth-order valence-electron chi connectivity index (χ4n) is 3.81. The molecule has 3 rings (SSSR count). The molecule has 1 nitrogen and oxygen atoms in total. The first-order chi connectivity index (χ1) is 11.5. The van der Waals surface area contributed by atoms with Gasteiger partial charge < -0.3 is 5.41 Å². The Kier molecular flexibility index (Phi) is 5.05. The van der Waals surface area contributed by atoms with E-state index in [4.69, 9.17) is 5.41 Å². The van der Waals surface area contributed by atoms with Gasteiger partial charge in [0.05, 0.1) is 0 Å². The van der Waals surface area contributed by atoms with Crippen LogP contribution in [0.5, 0.6) is 0 Å². The Morgan fingerprint density at radius 3 is 2.54 bits per heavy atom. The fourth-order valence-corrected chi connectivity index (χ4v) is 5.02. The Morgan fingerprint density at radius 2 is 1.92 bits per heavy atom. The molecule has 1 N–H and O–H groups in total. The number of hydrogen-bond acceptors (Lipinski definition) is 2. The normalized spacial score (nSPS) is 17.0. The number of aryl methyl sites for hydroxylation is 2. The highest BCUT2D eigenvalue weighted by Gasteiger charge is 2.29. The first kappa shape index (κ1) is 17.2. The molecular weight excluding hydrogens is 310 g/mol. The Morgan fingerprint density at radius 1 is 1.21 bits per heavy atom. The summed E-state index contributed by atoms with van der Waals surface area (Å²) >= 11 is 1.84. The van der Waals surface area contributed by atoms with Gasteiger partial charge in [0, 0.05) is 21.0 Å². The summed E-state index contributed by atoms with van der Waals surface area (Å²) in [6.07, 6.45) is 5.16. The summed E-state index contributed by atoms with van der Waals surface area (Å²) in [6, 6.07) is 9.01. The predicted octanol–water partition coefficient (Wildman–Crippen LogP) is 6.53. The molecule has 0 fully saturated rings. The zero-order valence-corrected chi connectivity index (χ0v) is 15.9. The molecule has 2 aromatic rings. The number of benzene rings is 1. The van der Waals surface area contributed by atoms with Crippen molar-refractivity contribution in [3.63, 3.8) is 0 Å². The van der Waals surface area contributed by atoms with Crippen molar-refractivity contribution in [3.05, 3.63) is 62.9 Å². The van der Waals surface area contributed by atoms with Crippen LogP contribution in [0.3, 0.4) is 0 Å². The van der Waals surface area contributed by atoms with Crippen molar-refractivity contribution >= 4 is 22.6 Å². The maximum Gasteiger partial charge on any atom is 0.0406 e.